The number of aromatic nitrogens is 3. The highest BCUT2D eigenvalue weighted by molar-refractivity contribution is 7.71. The standard InChI is InChI=1S/C15H15N3S/c1-11-4-2-3-5-12(11)7-9-18-14-6-8-16-10-13(14)17-15(18)19/h2-6,8,10H,7,9H2,1H3,(H,17,19). The maximum absolute atomic E-state index is 5.38. The molecule has 1 N–H and O–H groups in total. The van der Waals surface area contributed by atoms with Gasteiger partial charge in [-0.1, -0.05) is 24.3 Å². The average Bonchev–Trinajstić information content (AvgIpc) is 2.74. The number of nitrogens with zero attached hydrogens (tertiary/aromatic N) is 2. The van der Waals surface area contributed by atoms with Crippen LogP contribution in [0.15, 0.2) is 42.7 Å². The number of nitrogens with one attached hydrogen (secondary N) is 1. The molecule has 0 amide bonds. The molecule has 0 atom stereocenters. The molecule has 3 aromatic rings. The lowest BCUT2D eigenvalue weighted by Crippen LogP contribution is -2.02. The zero-order chi connectivity index (χ0) is 13.2. The smallest absolute Gasteiger partial charge is 0.178 e. The Bertz CT molecular complexity index is 770. The van der Waals surface area contributed by atoms with Gasteiger partial charge in [0.1, 0.15) is 0 Å². The number of rotatable bonds is 3. The second-order valence-electron chi connectivity index (χ2n) is 4.65. The number of H-pyrrole nitrogens is 1. The van der Waals surface area contributed by atoms with Crippen LogP contribution in [0.3, 0.4) is 0 Å². The van der Waals surface area contributed by atoms with Crippen LogP contribution in [0.2, 0.25) is 0 Å². The van der Waals surface area contributed by atoms with Crippen molar-refractivity contribution < 1.29 is 0 Å². The SMILES string of the molecule is Cc1ccccc1CCn1c(=S)[nH]c2cnccc21. The predicted octanol–water partition coefficient (Wildman–Crippen LogP) is 3.65. The summed E-state index contributed by atoms with van der Waals surface area (Å²) in [6.45, 7) is 3.03. The van der Waals surface area contributed by atoms with E-state index in [9.17, 15) is 0 Å². The fourth-order valence-electron chi connectivity index (χ4n) is 2.36. The maximum atomic E-state index is 5.38. The summed E-state index contributed by atoms with van der Waals surface area (Å²) in [6, 6.07) is 10.5. The molecule has 0 spiro atoms. The zero-order valence-electron chi connectivity index (χ0n) is 10.8. The Morgan fingerprint density at radius 3 is 2.95 bits per heavy atom. The molecular weight excluding hydrogens is 254 g/mol. The molecule has 0 saturated carbocycles. The molecule has 2 heterocycles. The van der Waals surface area contributed by atoms with Gasteiger partial charge in [-0.15, -0.1) is 0 Å². The molecule has 3 rings (SSSR count). The molecule has 0 saturated heterocycles. The minimum Gasteiger partial charge on any atom is -0.329 e. The van der Waals surface area contributed by atoms with Gasteiger partial charge in [-0.2, -0.15) is 0 Å². The minimum atomic E-state index is 0.761. The van der Waals surface area contributed by atoms with Crippen molar-refractivity contribution >= 4 is 23.3 Å². The lowest BCUT2D eigenvalue weighted by Gasteiger charge is -2.07. The van der Waals surface area contributed by atoms with E-state index >= 15 is 0 Å². The molecule has 3 nitrogen and oxygen atoms in total. The first-order valence-electron chi connectivity index (χ1n) is 6.33. The Morgan fingerprint density at radius 2 is 2.11 bits per heavy atom. The molecule has 1 aromatic carbocycles. The number of imidazole rings is 1. The first-order valence-corrected chi connectivity index (χ1v) is 6.73. The summed E-state index contributed by atoms with van der Waals surface area (Å²) in [6.07, 6.45) is 4.60. The van der Waals surface area contributed by atoms with Crippen molar-refractivity contribution in [2.24, 2.45) is 0 Å². The number of benzene rings is 1. The van der Waals surface area contributed by atoms with E-state index in [1.54, 1.807) is 6.20 Å². The van der Waals surface area contributed by atoms with Crippen LogP contribution in [0.5, 0.6) is 0 Å². The Hall–Kier alpha value is -1.94. The molecule has 4 heteroatoms. The van der Waals surface area contributed by atoms with Crippen LogP contribution in [-0.2, 0) is 13.0 Å². The summed E-state index contributed by atoms with van der Waals surface area (Å²) in [5, 5.41) is 0. The van der Waals surface area contributed by atoms with Gasteiger partial charge in [-0.25, -0.2) is 0 Å². The number of hydrogen-bond acceptors (Lipinski definition) is 2. The van der Waals surface area contributed by atoms with Crippen molar-refractivity contribution in [1.29, 1.82) is 0 Å². The van der Waals surface area contributed by atoms with Crippen molar-refractivity contribution in [3.63, 3.8) is 0 Å². The Labute approximate surface area is 116 Å². The number of aromatic amines is 1. The van der Waals surface area contributed by atoms with E-state index in [0.29, 0.717) is 0 Å². The fraction of sp³-hybridized carbons (Fsp3) is 0.200. The monoisotopic (exact) mass is 269 g/mol. The minimum absolute atomic E-state index is 0.761. The van der Waals surface area contributed by atoms with Gasteiger partial charge in [0.15, 0.2) is 4.77 Å². The van der Waals surface area contributed by atoms with Crippen molar-refractivity contribution in [2.75, 3.05) is 0 Å². The van der Waals surface area contributed by atoms with Crippen LogP contribution in [0.1, 0.15) is 11.1 Å². The van der Waals surface area contributed by atoms with E-state index in [4.69, 9.17) is 12.2 Å². The van der Waals surface area contributed by atoms with Crippen LogP contribution in [0.4, 0.5) is 0 Å². The van der Waals surface area contributed by atoms with Gasteiger partial charge < -0.3 is 9.55 Å². The lowest BCUT2D eigenvalue weighted by molar-refractivity contribution is 0.704. The normalized spacial score (nSPS) is 11.0. The van der Waals surface area contributed by atoms with Crippen molar-refractivity contribution in [2.45, 2.75) is 19.9 Å². The van der Waals surface area contributed by atoms with Gasteiger partial charge in [0.05, 0.1) is 17.2 Å². The van der Waals surface area contributed by atoms with Gasteiger partial charge in [0.25, 0.3) is 0 Å². The molecule has 96 valence electrons. The van der Waals surface area contributed by atoms with Gasteiger partial charge in [-0.3, -0.25) is 4.98 Å². The van der Waals surface area contributed by atoms with E-state index in [-0.39, 0.29) is 0 Å². The molecule has 19 heavy (non-hydrogen) atoms. The molecular formula is C15H15N3S. The van der Waals surface area contributed by atoms with Crippen LogP contribution in [-0.4, -0.2) is 14.5 Å². The number of hydrogen-bond donors (Lipinski definition) is 1. The first kappa shape index (κ1) is 12.1. The first-order chi connectivity index (χ1) is 9.25. The van der Waals surface area contributed by atoms with Crippen molar-refractivity contribution in [3.8, 4) is 0 Å². The average molecular weight is 269 g/mol. The van der Waals surface area contributed by atoms with Crippen LogP contribution < -0.4 is 0 Å². The fourth-order valence-corrected chi connectivity index (χ4v) is 2.66. The second kappa shape index (κ2) is 4.97. The van der Waals surface area contributed by atoms with Crippen molar-refractivity contribution in [3.05, 3.63) is 58.6 Å². The third-order valence-corrected chi connectivity index (χ3v) is 3.76. The van der Waals surface area contributed by atoms with Gasteiger partial charge in [-0.05, 0) is 42.8 Å². The topological polar surface area (TPSA) is 33.6 Å². The third-order valence-electron chi connectivity index (χ3n) is 3.44. The highest BCUT2D eigenvalue weighted by atomic mass is 32.1. The van der Waals surface area contributed by atoms with Crippen molar-refractivity contribution in [1.82, 2.24) is 14.5 Å². The van der Waals surface area contributed by atoms with Crippen LogP contribution >= 0.6 is 12.2 Å². The second-order valence-corrected chi connectivity index (χ2v) is 5.04. The van der Waals surface area contributed by atoms with E-state index in [2.05, 4.69) is 45.7 Å². The Kier molecular flexibility index (Phi) is 3.17. The van der Waals surface area contributed by atoms with E-state index in [1.165, 1.54) is 11.1 Å². The summed E-state index contributed by atoms with van der Waals surface area (Å²) in [5.41, 5.74) is 4.81. The molecule has 2 aromatic heterocycles. The quantitative estimate of drug-likeness (QED) is 0.736. The third kappa shape index (κ3) is 2.31. The van der Waals surface area contributed by atoms with E-state index in [0.717, 1.165) is 28.8 Å². The summed E-state index contributed by atoms with van der Waals surface area (Å²) in [7, 11) is 0. The predicted molar refractivity (Wildman–Crippen MR) is 79.8 cm³/mol. The highest BCUT2D eigenvalue weighted by Crippen LogP contribution is 2.14. The summed E-state index contributed by atoms with van der Waals surface area (Å²) in [5.74, 6) is 0. The number of aryl methyl sites for hydroxylation is 3. The Balaban J connectivity index is 1.92. The summed E-state index contributed by atoms with van der Waals surface area (Å²) < 4.78 is 2.90. The molecule has 0 aliphatic carbocycles. The Morgan fingerprint density at radius 1 is 1.26 bits per heavy atom. The van der Waals surface area contributed by atoms with Crippen LogP contribution in [0, 0.1) is 11.7 Å². The van der Waals surface area contributed by atoms with Gasteiger partial charge >= 0.3 is 0 Å². The zero-order valence-corrected chi connectivity index (χ0v) is 11.6. The van der Waals surface area contributed by atoms with E-state index < -0.39 is 0 Å². The molecule has 0 radical (unpaired) electrons. The van der Waals surface area contributed by atoms with Gasteiger partial charge in [0, 0.05) is 12.7 Å². The summed E-state index contributed by atoms with van der Waals surface area (Å²) in [4.78, 5) is 7.30. The number of fused-ring (bicyclic) bond motifs is 1. The number of pyridine rings is 1. The molecule has 0 aliphatic heterocycles. The van der Waals surface area contributed by atoms with E-state index in [1.807, 2.05) is 12.3 Å². The van der Waals surface area contributed by atoms with Gasteiger partial charge in [0.2, 0.25) is 0 Å². The maximum Gasteiger partial charge on any atom is 0.178 e. The molecule has 0 aliphatic rings. The molecule has 0 bridgehead atoms. The largest absolute Gasteiger partial charge is 0.329 e. The van der Waals surface area contributed by atoms with Crippen LogP contribution in [0.25, 0.3) is 11.0 Å². The lowest BCUT2D eigenvalue weighted by atomic mass is 10.1. The molecule has 0 unspecified atom stereocenters. The molecule has 0 fully saturated rings. The highest BCUT2D eigenvalue weighted by Gasteiger charge is 2.04. The summed E-state index contributed by atoms with van der Waals surface area (Å²) >= 11 is 5.38.